The summed E-state index contributed by atoms with van der Waals surface area (Å²) in [5.41, 5.74) is 0. The van der Waals surface area contributed by atoms with E-state index in [1.807, 2.05) is 6.08 Å². The van der Waals surface area contributed by atoms with Crippen molar-refractivity contribution in [2.45, 2.75) is 398 Å². The largest absolute Gasteiger partial charge is 0.394 e. The third kappa shape index (κ3) is 64.9. The number of rotatable bonds is 66. The van der Waals surface area contributed by atoms with E-state index in [4.69, 9.17) is 0 Å². The van der Waals surface area contributed by atoms with Crippen molar-refractivity contribution in [3.8, 4) is 0 Å². The van der Waals surface area contributed by atoms with Gasteiger partial charge in [-0.3, -0.25) is 4.79 Å². The van der Waals surface area contributed by atoms with E-state index < -0.39 is 12.1 Å². The molecule has 2 unspecified atom stereocenters. The van der Waals surface area contributed by atoms with Gasteiger partial charge in [0.05, 0.1) is 18.8 Å². The molecule has 0 aliphatic rings. The van der Waals surface area contributed by atoms with Crippen molar-refractivity contribution in [1.82, 2.24) is 5.32 Å². The van der Waals surface area contributed by atoms with Crippen molar-refractivity contribution >= 4 is 5.91 Å². The van der Waals surface area contributed by atoms with Crippen LogP contribution in [0.3, 0.4) is 0 Å². The van der Waals surface area contributed by atoms with Crippen molar-refractivity contribution in [3.63, 3.8) is 0 Å². The fourth-order valence-corrected chi connectivity index (χ4v) is 11.1. The number of hydrogen-bond acceptors (Lipinski definition) is 3. The topological polar surface area (TPSA) is 69.6 Å². The number of unbranched alkanes of at least 4 members (excludes halogenated alkanes) is 51. The van der Waals surface area contributed by atoms with Gasteiger partial charge in [0, 0.05) is 6.42 Å². The molecule has 0 aromatic heterocycles. The lowest BCUT2D eigenvalue weighted by Gasteiger charge is -2.19. The van der Waals surface area contributed by atoms with Gasteiger partial charge >= 0.3 is 0 Å². The average Bonchev–Trinajstić information content (AvgIpc) is 3.44. The lowest BCUT2D eigenvalue weighted by Crippen LogP contribution is -2.45. The molecule has 1 amide bonds. The summed E-state index contributed by atoms with van der Waals surface area (Å²) in [7, 11) is 0. The molecule has 4 heteroatoms. The van der Waals surface area contributed by atoms with Crippen molar-refractivity contribution < 1.29 is 15.0 Å². The standard InChI is InChI=1S/C74H139NO3/c1-3-5-7-9-11-13-15-17-19-21-23-25-27-29-30-31-32-33-34-35-36-37-38-39-40-41-42-43-44-46-48-50-52-54-56-58-60-62-64-66-68-70-74(78)75-72(71-76)73(77)69-67-65-63-61-59-57-55-53-51-49-47-45-28-26-24-22-20-18-16-14-12-10-8-6-4-2/h15,17,21,23,27,29,59,61,67,69,72-73,76-77H,3-14,16,18-20,22,24-26,28,30-58,60,62-66,68,70-71H2,1-2H3,(H,75,78)/b17-15-,23-21-,29-27-,61-59+,69-67+. The quantitative estimate of drug-likeness (QED) is 0.0420. The maximum atomic E-state index is 12.5. The molecule has 0 bridgehead atoms. The molecule has 0 aromatic carbocycles. The Labute approximate surface area is 489 Å². The molecule has 0 aromatic rings. The minimum Gasteiger partial charge on any atom is -0.394 e. The maximum Gasteiger partial charge on any atom is 0.220 e. The SMILES string of the molecule is CCCCCCC/C=C\C/C=C\C/C=C\CCCCCCCCCCCCCCCCCCCCCCCCCCCCC(=O)NC(CO)C(O)/C=C/CC/C=C/CCCCCCCCCCCCCCCCCCCCC. The minimum atomic E-state index is -0.863. The van der Waals surface area contributed by atoms with Crippen LogP contribution in [0, 0.1) is 0 Å². The number of amides is 1. The molecule has 458 valence electrons. The second kappa shape index (κ2) is 69.4. The fraction of sp³-hybridized carbons (Fsp3) is 0.851. The lowest BCUT2D eigenvalue weighted by atomic mass is 10.0. The molecule has 0 aliphatic heterocycles. The van der Waals surface area contributed by atoms with Crippen LogP contribution in [0.25, 0.3) is 0 Å². The third-order valence-electron chi connectivity index (χ3n) is 16.5. The molecule has 3 N–H and O–H groups in total. The molecule has 0 spiro atoms. The Morgan fingerprint density at radius 3 is 0.833 bits per heavy atom. The summed E-state index contributed by atoms with van der Waals surface area (Å²) in [4.78, 5) is 12.5. The Balaban J connectivity index is 3.43. The van der Waals surface area contributed by atoms with Gasteiger partial charge in [-0.25, -0.2) is 0 Å². The molecule has 78 heavy (non-hydrogen) atoms. The molecule has 0 aliphatic carbocycles. The van der Waals surface area contributed by atoms with Crippen LogP contribution in [0.4, 0.5) is 0 Å². The number of allylic oxidation sites excluding steroid dienone is 9. The second-order valence-corrected chi connectivity index (χ2v) is 24.3. The van der Waals surface area contributed by atoms with E-state index in [0.717, 1.165) is 44.9 Å². The lowest BCUT2D eigenvalue weighted by molar-refractivity contribution is -0.123. The minimum absolute atomic E-state index is 0.0666. The van der Waals surface area contributed by atoms with Gasteiger partial charge in [0.2, 0.25) is 5.91 Å². The van der Waals surface area contributed by atoms with Crippen LogP contribution in [-0.4, -0.2) is 34.9 Å². The maximum absolute atomic E-state index is 12.5. The van der Waals surface area contributed by atoms with E-state index in [0.29, 0.717) is 6.42 Å². The zero-order chi connectivity index (χ0) is 56.2. The molecule has 0 saturated heterocycles. The highest BCUT2D eigenvalue weighted by atomic mass is 16.3. The van der Waals surface area contributed by atoms with E-state index >= 15 is 0 Å². The van der Waals surface area contributed by atoms with E-state index in [-0.39, 0.29) is 12.5 Å². The number of hydrogen-bond donors (Lipinski definition) is 3. The molecule has 2 atom stereocenters. The Kier molecular flexibility index (Phi) is 67.7. The number of nitrogens with one attached hydrogen (secondary N) is 1. The van der Waals surface area contributed by atoms with Crippen molar-refractivity contribution in [2.24, 2.45) is 0 Å². The van der Waals surface area contributed by atoms with Gasteiger partial charge in [-0.15, -0.1) is 0 Å². The Hall–Kier alpha value is -1.91. The normalized spacial score (nSPS) is 13.0. The van der Waals surface area contributed by atoms with Crippen molar-refractivity contribution in [3.05, 3.63) is 60.8 Å². The molecule has 0 saturated carbocycles. The second-order valence-electron chi connectivity index (χ2n) is 24.3. The smallest absolute Gasteiger partial charge is 0.220 e. The predicted molar refractivity (Wildman–Crippen MR) is 350 cm³/mol. The summed E-state index contributed by atoms with van der Waals surface area (Å²) in [5, 5.41) is 23.3. The highest BCUT2D eigenvalue weighted by molar-refractivity contribution is 5.76. The Morgan fingerprint density at radius 1 is 0.308 bits per heavy atom. The molecule has 0 fully saturated rings. The number of aliphatic hydroxyl groups is 2. The third-order valence-corrected chi connectivity index (χ3v) is 16.5. The van der Waals surface area contributed by atoms with E-state index in [1.54, 1.807) is 6.08 Å². The van der Waals surface area contributed by atoms with Crippen molar-refractivity contribution in [2.75, 3.05) is 6.61 Å². The summed E-state index contributed by atoms with van der Waals surface area (Å²) < 4.78 is 0. The van der Waals surface area contributed by atoms with E-state index in [1.165, 1.54) is 321 Å². The highest BCUT2D eigenvalue weighted by Crippen LogP contribution is 2.19. The van der Waals surface area contributed by atoms with Crippen LogP contribution in [-0.2, 0) is 4.79 Å². The predicted octanol–water partition coefficient (Wildman–Crippen LogP) is 24.3. The monoisotopic (exact) mass is 1090 g/mol. The zero-order valence-corrected chi connectivity index (χ0v) is 53.0. The first-order valence-corrected chi connectivity index (χ1v) is 35.5. The van der Waals surface area contributed by atoms with Crippen LogP contribution < -0.4 is 5.32 Å². The molecular formula is C74H139NO3. The van der Waals surface area contributed by atoms with Gasteiger partial charge in [-0.2, -0.15) is 0 Å². The van der Waals surface area contributed by atoms with Crippen LogP contribution in [0.5, 0.6) is 0 Å². The summed E-state index contributed by atoms with van der Waals surface area (Å²) in [6.07, 6.45) is 98.9. The average molecular weight is 1090 g/mol. The van der Waals surface area contributed by atoms with Crippen LogP contribution >= 0.6 is 0 Å². The molecule has 0 rings (SSSR count). The summed E-state index contributed by atoms with van der Waals surface area (Å²) >= 11 is 0. The zero-order valence-electron chi connectivity index (χ0n) is 53.0. The molecule has 0 heterocycles. The number of carbonyl (C=O) groups is 1. The van der Waals surface area contributed by atoms with Gasteiger partial charge in [0.15, 0.2) is 0 Å². The Bertz CT molecular complexity index is 1280. The fourth-order valence-electron chi connectivity index (χ4n) is 11.1. The summed E-state index contributed by atoms with van der Waals surface area (Å²) in [5.74, 6) is -0.0666. The first-order valence-electron chi connectivity index (χ1n) is 35.5. The van der Waals surface area contributed by atoms with Crippen LogP contribution in [0.2, 0.25) is 0 Å². The van der Waals surface area contributed by atoms with Crippen molar-refractivity contribution in [1.29, 1.82) is 0 Å². The Morgan fingerprint density at radius 2 is 0.538 bits per heavy atom. The van der Waals surface area contributed by atoms with E-state index in [9.17, 15) is 15.0 Å². The first-order chi connectivity index (χ1) is 38.7. The van der Waals surface area contributed by atoms with Gasteiger partial charge in [-0.05, 0) is 70.6 Å². The number of aliphatic hydroxyl groups excluding tert-OH is 2. The van der Waals surface area contributed by atoms with Crippen LogP contribution in [0.15, 0.2) is 60.8 Å². The van der Waals surface area contributed by atoms with Crippen LogP contribution in [0.1, 0.15) is 386 Å². The highest BCUT2D eigenvalue weighted by Gasteiger charge is 2.18. The number of carbonyl (C=O) groups excluding carboxylic acids is 1. The molecular weight excluding hydrogens is 951 g/mol. The van der Waals surface area contributed by atoms with E-state index in [2.05, 4.69) is 67.8 Å². The van der Waals surface area contributed by atoms with Gasteiger partial charge in [-0.1, -0.05) is 370 Å². The van der Waals surface area contributed by atoms with Gasteiger partial charge in [0.1, 0.15) is 0 Å². The summed E-state index contributed by atoms with van der Waals surface area (Å²) in [6, 6.07) is -0.640. The van der Waals surface area contributed by atoms with Gasteiger partial charge < -0.3 is 15.5 Å². The van der Waals surface area contributed by atoms with Gasteiger partial charge in [0.25, 0.3) is 0 Å². The first kappa shape index (κ1) is 76.1. The molecule has 0 radical (unpaired) electrons. The summed E-state index contributed by atoms with van der Waals surface area (Å²) in [6.45, 7) is 4.32. The molecule has 4 nitrogen and oxygen atoms in total.